The molecule has 4 heteroatoms. The minimum absolute atomic E-state index is 0. The lowest BCUT2D eigenvalue weighted by atomic mass is 9.87. The Morgan fingerprint density at radius 3 is 2.70 bits per heavy atom. The zero-order chi connectivity index (χ0) is 13.1. The van der Waals surface area contributed by atoms with Crippen LogP contribution in [0.2, 0.25) is 0 Å². The van der Waals surface area contributed by atoms with Crippen molar-refractivity contribution < 1.29 is 4.74 Å². The van der Waals surface area contributed by atoms with Gasteiger partial charge in [0.05, 0.1) is 13.2 Å². The quantitative estimate of drug-likeness (QED) is 0.838. The third-order valence-electron chi connectivity index (χ3n) is 5.64. The molecule has 1 aliphatic heterocycles. The third kappa shape index (κ3) is 3.88. The Labute approximate surface area is 130 Å². The first kappa shape index (κ1) is 16.5. The zero-order valence-corrected chi connectivity index (χ0v) is 13.6. The van der Waals surface area contributed by atoms with Gasteiger partial charge in [-0.1, -0.05) is 26.2 Å². The largest absolute Gasteiger partial charge is 0.379 e. The molecule has 1 saturated heterocycles. The van der Waals surface area contributed by atoms with Gasteiger partial charge < -0.3 is 15.4 Å². The van der Waals surface area contributed by atoms with Crippen LogP contribution in [0, 0.1) is 11.3 Å². The van der Waals surface area contributed by atoms with Gasteiger partial charge >= 0.3 is 0 Å². The van der Waals surface area contributed by atoms with Crippen molar-refractivity contribution >= 4 is 12.4 Å². The van der Waals surface area contributed by atoms with Crippen LogP contribution >= 0.6 is 12.4 Å². The number of hydrogen-bond donors (Lipinski definition) is 2. The average molecular weight is 303 g/mol. The van der Waals surface area contributed by atoms with Gasteiger partial charge in [-0.25, -0.2) is 0 Å². The summed E-state index contributed by atoms with van der Waals surface area (Å²) in [4.78, 5) is 0. The van der Waals surface area contributed by atoms with Crippen LogP contribution in [-0.2, 0) is 4.74 Å². The molecule has 0 bridgehead atoms. The second-order valence-electron chi connectivity index (χ2n) is 7.24. The fourth-order valence-corrected chi connectivity index (χ4v) is 4.37. The van der Waals surface area contributed by atoms with Gasteiger partial charge in [0.15, 0.2) is 0 Å². The Hall–Kier alpha value is 0.170. The molecule has 118 valence electrons. The molecule has 0 aromatic rings. The molecule has 2 aliphatic carbocycles. The van der Waals surface area contributed by atoms with Crippen LogP contribution < -0.4 is 10.6 Å². The van der Waals surface area contributed by atoms with Crippen molar-refractivity contribution in [2.24, 2.45) is 11.3 Å². The van der Waals surface area contributed by atoms with E-state index in [-0.39, 0.29) is 12.4 Å². The Kier molecular flexibility index (Phi) is 6.15. The van der Waals surface area contributed by atoms with Crippen LogP contribution in [-0.4, -0.2) is 38.4 Å². The first-order chi connectivity index (χ1) is 9.27. The van der Waals surface area contributed by atoms with E-state index in [1.165, 1.54) is 51.5 Å². The lowest BCUT2D eigenvalue weighted by Crippen LogP contribution is -2.51. The fraction of sp³-hybridized carbons (Fsp3) is 1.00. The van der Waals surface area contributed by atoms with Gasteiger partial charge in [-0.15, -0.1) is 12.4 Å². The molecule has 2 N–H and O–H groups in total. The minimum atomic E-state index is 0. The summed E-state index contributed by atoms with van der Waals surface area (Å²) in [5.74, 6) is 0.783. The second kappa shape index (κ2) is 7.44. The SMILES string of the molecule is CC1(CNC2CCCC2C2COCCN2)CCCC1.Cl. The van der Waals surface area contributed by atoms with Crippen LogP contribution in [0.5, 0.6) is 0 Å². The molecule has 3 atom stereocenters. The Balaban J connectivity index is 0.00000147. The molecule has 20 heavy (non-hydrogen) atoms. The summed E-state index contributed by atoms with van der Waals surface area (Å²) >= 11 is 0. The maximum Gasteiger partial charge on any atom is 0.0623 e. The molecular formula is C16H31ClN2O. The van der Waals surface area contributed by atoms with Crippen molar-refractivity contribution in [3.05, 3.63) is 0 Å². The molecule has 2 saturated carbocycles. The van der Waals surface area contributed by atoms with E-state index in [1.54, 1.807) is 0 Å². The summed E-state index contributed by atoms with van der Waals surface area (Å²) in [7, 11) is 0. The number of rotatable bonds is 4. The second-order valence-corrected chi connectivity index (χ2v) is 7.24. The highest BCUT2D eigenvalue weighted by Crippen LogP contribution is 2.38. The highest BCUT2D eigenvalue weighted by atomic mass is 35.5. The predicted molar refractivity (Wildman–Crippen MR) is 85.6 cm³/mol. The fourth-order valence-electron chi connectivity index (χ4n) is 4.37. The van der Waals surface area contributed by atoms with Crippen LogP contribution in [0.3, 0.4) is 0 Å². The summed E-state index contributed by atoms with van der Waals surface area (Å²) in [5.41, 5.74) is 0.573. The highest BCUT2D eigenvalue weighted by molar-refractivity contribution is 5.85. The van der Waals surface area contributed by atoms with Gasteiger partial charge in [0.25, 0.3) is 0 Å². The van der Waals surface area contributed by atoms with Gasteiger partial charge in [-0.2, -0.15) is 0 Å². The Morgan fingerprint density at radius 1 is 1.20 bits per heavy atom. The lowest BCUT2D eigenvalue weighted by Gasteiger charge is -2.35. The summed E-state index contributed by atoms with van der Waals surface area (Å²) in [6.45, 7) is 6.53. The maximum atomic E-state index is 5.65. The first-order valence-electron chi connectivity index (χ1n) is 8.31. The number of halogens is 1. The van der Waals surface area contributed by atoms with Crippen molar-refractivity contribution in [3.63, 3.8) is 0 Å². The average Bonchev–Trinajstić information content (AvgIpc) is 3.07. The van der Waals surface area contributed by atoms with Crippen molar-refractivity contribution in [2.45, 2.75) is 64.0 Å². The molecule has 0 amide bonds. The van der Waals surface area contributed by atoms with Crippen molar-refractivity contribution in [1.29, 1.82) is 0 Å². The molecule has 3 fully saturated rings. The molecular weight excluding hydrogens is 272 g/mol. The lowest BCUT2D eigenvalue weighted by molar-refractivity contribution is 0.0517. The first-order valence-corrected chi connectivity index (χ1v) is 8.31. The summed E-state index contributed by atoms with van der Waals surface area (Å²) < 4.78 is 5.65. The molecule has 0 radical (unpaired) electrons. The molecule has 3 aliphatic rings. The van der Waals surface area contributed by atoms with Gasteiger partial charge in [0, 0.05) is 25.2 Å². The molecule has 1 heterocycles. The third-order valence-corrected chi connectivity index (χ3v) is 5.64. The Morgan fingerprint density at radius 2 is 2.00 bits per heavy atom. The van der Waals surface area contributed by atoms with Gasteiger partial charge in [0.1, 0.15) is 0 Å². The minimum Gasteiger partial charge on any atom is -0.379 e. The standard InChI is InChI=1S/C16H30N2O.ClH/c1-16(7-2-3-8-16)12-18-14-6-4-5-13(14)15-11-19-10-9-17-15;/h13-15,17-18H,2-12H2,1H3;1H. The molecule has 3 unspecified atom stereocenters. The van der Waals surface area contributed by atoms with E-state index in [0.29, 0.717) is 11.5 Å². The zero-order valence-electron chi connectivity index (χ0n) is 12.8. The smallest absolute Gasteiger partial charge is 0.0623 e. The van der Waals surface area contributed by atoms with Gasteiger partial charge in [-0.3, -0.25) is 0 Å². The van der Waals surface area contributed by atoms with Gasteiger partial charge in [0.2, 0.25) is 0 Å². The topological polar surface area (TPSA) is 33.3 Å². The van der Waals surface area contributed by atoms with Crippen LogP contribution in [0.1, 0.15) is 51.9 Å². The number of morpholine rings is 1. The summed E-state index contributed by atoms with van der Waals surface area (Å²) in [5, 5.41) is 7.58. The van der Waals surface area contributed by atoms with E-state index in [2.05, 4.69) is 17.6 Å². The van der Waals surface area contributed by atoms with Gasteiger partial charge in [-0.05, 0) is 37.0 Å². The summed E-state index contributed by atoms with van der Waals surface area (Å²) in [6, 6.07) is 1.31. The molecule has 3 rings (SSSR count). The molecule has 3 nitrogen and oxygen atoms in total. The van der Waals surface area contributed by atoms with Crippen LogP contribution in [0.25, 0.3) is 0 Å². The normalized spacial score (nSPS) is 36.8. The molecule has 0 aromatic carbocycles. The predicted octanol–water partition coefficient (Wildman–Crippen LogP) is 2.74. The highest BCUT2D eigenvalue weighted by Gasteiger charge is 2.36. The number of ether oxygens (including phenoxy) is 1. The number of nitrogens with one attached hydrogen (secondary N) is 2. The molecule has 0 aromatic heterocycles. The van der Waals surface area contributed by atoms with E-state index < -0.39 is 0 Å². The number of hydrogen-bond acceptors (Lipinski definition) is 3. The monoisotopic (exact) mass is 302 g/mol. The molecule has 0 spiro atoms. The van der Waals surface area contributed by atoms with E-state index >= 15 is 0 Å². The van der Waals surface area contributed by atoms with E-state index in [9.17, 15) is 0 Å². The van der Waals surface area contributed by atoms with Crippen molar-refractivity contribution in [1.82, 2.24) is 10.6 Å². The van der Waals surface area contributed by atoms with E-state index in [4.69, 9.17) is 4.74 Å². The maximum absolute atomic E-state index is 5.65. The van der Waals surface area contributed by atoms with Crippen LogP contribution in [0.4, 0.5) is 0 Å². The van der Waals surface area contributed by atoms with Crippen LogP contribution in [0.15, 0.2) is 0 Å². The summed E-state index contributed by atoms with van der Waals surface area (Å²) in [6.07, 6.45) is 9.82. The van der Waals surface area contributed by atoms with Crippen molar-refractivity contribution in [3.8, 4) is 0 Å². The van der Waals surface area contributed by atoms with Crippen molar-refractivity contribution in [2.75, 3.05) is 26.3 Å². The van der Waals surface area contributed by atoms with E-state index in [1.807, 2.05) is 0 Å². The Bertz CT molecular complexity index is 288. The van der Waals surface area contributed by atoms with E-state index in [0.717, 1.165) is 31.7 Å².